The fourth-order valence-corrected chi connectivity index (χ4v) is 3.73. The summed E-state index contributed by atoms with van der Waals surface area (Å²) in [6.07, 6.45) is 3.11. The van der Waals surface area contributed by atoms with Gasteiger partial charge < -0.3 is 25.2 Å². The Morgan fingerprint density at radius 2 is 2.16 bits per heavy atom. The summed E-state index contributed by atoms with van der Waals surface area (Å²) in [6.45, 7) is 7.08. The lowest BCUT2D eigenvalue weighted by Gasteiger charge is -2.37. The lowest BCUT2D eigenvalue weighted by molar-refractivity contribution is -0.917. The molecule has 1 aromatic rings. The molecule has 2 aliphatic heterocycles. The van der Waals surface area contributed by atoms with E-state index in [2.05, 4.69) is 12.4 Å². The summed E-state index contributed by atoms with van der Waals surface area (Å²) in [5.74, 6) is 0.137. The highest BCUT2D eigenvalue weighted by molar-refractivity contribution is 5.96. The lowest BCUT2D eigenvalue weighted by atomic mass is 10.0. The number of nitrogens with zero attached hydrogens (tertiary/aromatic N) is 2. The maximum atomic E-state index is 12.6. The molecule has 138 valence electrons. The minimum Gasteiger partial charge on any atom is -0.399 e. The van der Waals surface area contributed by atoms with E-state index in [-0.39, 0.29) is 5.91 Å². The number of morpholine rings is 1. The molecule has 0 bridgehead atoms. The molecule has 25 heavy (non-hydrogen) atoms. The van der Waals surface area contributed by atoms with Crippen LogP contribution < -0.4 is 16.0 Å². The van der Waals surface area contributed by atoms with Gasteiger partial charge in [-0.05, 0) is 30.5 Å². The second-order valence-corrected chi connectivity index (χ2v) is 7.47. The number of nitrogen functional groups attached to an aromatic ring is 1. The van der Waals surface area contributed by atoms with Crippen LogP contribution in [-0.4, -0.2) is 69.9 Å². The quantitative estimate of drug-likeness (QED) is 0.458. The maximum Gasteiger partial charge on any atom is 0.240 e. The second kappa shape index (κ2) is 8.17. The molecule has 2 heterocycles. The van der Waals surface area contributed by atoms with E-state index in [1.54, 1.807) is 0 Å². The van der Waals surface area contributed by atoms with Crippen LogP contribution in [0.15, 0.2) is 18.2 Å². The van der Waals surface area contributed by atoms with Gasteiger partial charge in [-0.3, -0.25) is 4.79 Å². The fourth-order valence-electron chi connectivity index (χ4n) is 3.73. The fraction of sp³-hybridized carbons (Fsp3) is 0.632. The summed E-state index contributed by atoms with van der Waals surface area (Å²) in [5.41, 5.74) is 8.83. The Morgan fingerprint density at radius 3 is 2.96 bits per heavy atom. The van der Waals surface area contributed by atoms with Crippen molar-refractivity contribution in [3.8, 4) is 0 Å². The standard InChI is InChI=1S/C19H31N4O2/c1-23(10-12-25-13-11-23)9-3-7-21-15-19(24)22-8-2-4-16-5-6-17(20)14-18(16)22/h5-6,14,21H,2-4,7-13,15,20H2,1H3/q+1. The molecule has 1 aromatic carbocycles. The smallest absolute Gasteiger partial charge is 0.240 e. The molecule has 1 saturated heterocycles. The van der Waals surface area contributed by atoms with Crippen molar-refractivity contribution in [1.29, 1.82) is 0 Å². The number of quaternary nitrogens is 1. The number of fused-ring (bicyclic) bond motifs is 1. The molecule has 0 aliphatic carbocycles. The van der Waals surface area contributed by atoms with Gasteiger partial charge >= 0.3 is 0 Å². The zero-order chi connectivity index (χ0) is 17.7. The van der Waals surface area contributed by atoms with E-state index in [0.29, 0.717) is 12.2 Å². The number of benzene rings is 1. The number of ether oxygens (including phenoxy) is 1. The third kappa shape index (κ3) is 4.71. The molecule has 2 aliphatic rings. The summed E-state index contributed by atoms with van der Waals surface area (Å²) in [5, 5.41) is 3.32. The van der Waals surface area contributed by atoms with Gasteiger partial charge in [-0.2, -0.15) is 0 Å². The number of hydrogen-bond acceptors (Lipinski definition) is 4. The summed E-state index contributed by atoms with van der Waals surface area (Å²) < 4.78 is 6.52. The van der Waals surface area contributed by atoms with E-state index in [1.165, 1.54) is 5.56 Å². The normalized spacial score (nSPS) is 19.5. The predicted molar refractivity (Wildman–Crippen MR) is 101 cm³/mol. The first-order chi connectivity index (χ1) is 12.1. The molecule has 0 radical (unpaired) electrons. The third-order valence-electron chi connectivity index (χ3n) is 5.41. The van der Waals surface area contributed by atoms with E-state index in [4.69, 9.17) is 10.5 Å². The van der Waals surface area contributed by atoms with Crippen LogP contribution in [0.25, 0.3) is 0 Å². The zero-order valence-electron chi connectivity index (χ0n) is 15.3. The van der Waals surface area contributed by atoms with Crippen molar-refractivity contribution < 1.29 is 14.0 Å². The molecule has 6 nitrogen and oxygen atoms in total. The van der Waals surface area contributed by atoms with Crippen LogP contribution in [0.4, 0.5) is 11.4 Å². The SMILES string of the molecule is C[N+]1(CCCNCC(=O)N2CCCc3ccc(N)cc32)CCOCC1. The van der Waals surface area contributed by atoms with Crippen molar-refractivity contribution in [2.45, 2.75) is 19.3 Å². The van der Waals surface area contributed by atoms with Gasteiger partial charge in [-0.25, -0.2) is 0 Å². The van der Waals surface area contributed by atoms with Gasteiger partial charge in [0.1, 0.15) is 13.1 Å². The van der Waals surface area contributed by atoms with Crippen LogP contribution in [-0.2, 0) is 16.0 Å². The highest BCUT2D eigenvalue weighted by Crippen LogP contribution is 2.29. The Morgan fingerprint density at radius 1 is 1.36 bits per heavy atom. The number of carbonyl (C=O) groups excluding carboxylic acids is 1. The van der Waals surface area contributed by atoms with E-state index in [0.717, 1.165) is 75.4 Å². The monoisotopic (exact) mass is 347 g/mol. The number of likely N-dealkylation sites (N-methyl/N-ethyl adjacent to an activating group) is 1. The Labute approximate surface area is 150 Å². The van der Waals surface area contributed by atoms with Crippen molar-refractivity contribution in [1.82, 2.24) is 5.32 Å². The first kappa shape index (κ1) is 18.2. The van der Waals surface area contributed by atoms with E-state index in [1.807, 2.05) is 23.1 Å². The molecule has 0 atom stereocenters. The topological polar surface area (TPSA) is 67.6 Å². The Balaban J connectivity index is 1.44. The minimum atomic E-state index is 0.137. The van der Waals surface area contributed by atoms with Crippen molar-refractivity contribution in [3.63, 3.8) is 0 Å². The minimum absolute atomic E-state index is 0.137. The lowest BCUT2D eigenvalue weighted by Crippen LogP contribution is -2.52. The van der Waals surface area contributed by atoms with Crippen molar-refractivity contribution in [3.05, 3.63) is 23.8 Å². The molecule has 1 fully saturated rings. The van der Waals surface area contributed by atoms with Crippen molar-refractivity contribution >= 4 is 17.3 Å². The van der Waals surface area contributed by atoms with Crippen LogP contribution in [0.3, 0.4) is 0 Å². The zero-order valence-corrected chi connectivity index (χ0v) is 15.3. The average Bonchev–Trinajstić information content (AvgIpc) is 2.61. The number of nitrogens with one attached hydrogen (secondary N) is 1. The molecular weight excluding hydrogens is 316 g/mol. The summed E-state index contributed by atoms with van der Waals surface area (Å²) >= 11 is 0. The number of anilines is 2. The van der Waals surface area contributed by atoms with Gasteiger partial charge in [0.25, 0.3) is 0 Å². The number of rotatable bonds is 6. The average molecular weight is 347 g/mol. The van der Waals surface area contributed by atoms with Gasteiger partial charge in [0.05, 0.1) is 33.4 Å². The molecule has 0 unspecified atom stereocenters. The molecule has 3 rings (SSSR count). The first-order valence-corrected chi connectivity index (χ1v) is 9.38. The van der Waals surface area contributed by atoms with Crippen molar-refractivity contribution in [2.75, 3.05) is 70.2 Å². The van der Waals surface area contributed by atoms with Crippen LogP contribution in [0.5, 0.6) is 0 Å². The van der Waals surface area contributed by atoms with Gasteiger partial charge in [0, 0.05) is 30.9 Å². The molecule has 0 spiro atoms. The van der Waals surface area contributed by atoms with Gasteiger partial charge in [0.2, 0.25) is 5.91 Å². The molecule has 6 heteroatoms. The first-order valence-electron chi connectivity index (χ1n) is 9.38. The van der Waals surface area contributed by atoms with Crippen molar-refractivity contribution in [2.24, 2.45) is 0 Å². The van der Waals surface area contributed by atoms with E-state index >= 15 is 0 Å². The molecular formula is C19H31N4O2+. The van der Waals surface area contributed by atoms with Crippen LogP contribution >= 0.6 is 0 Å². The second-order valence-electron chi connectivity index (χ2n) is 7.47. The number of nitrogens with two attached hydrogens (primary N) is 1. The summed E-state index contributed by atoms with van der Waals surface area (Å²) in [4.78, 5) is 14.5. The number of carbonyl (C=O) groups is 1. The Hall–Kier alpha value is -1.63. The van der Waals surface area contributed by atoms with Crippen LogP contribution in [0.1, 0.15) is 18.4 Å². The van der Waals surface area contributed by atoms with Gasteiger partial charge in [0.15, 0.2) is 0 Å². The predicted octanol–water partition coefficient (Wildman–Crippen LogP) is 1.00. The number of amides is 1. The Kier molecular flexibility index (Phi) is 5.93. The van der Waals surface area contributed by atoms with E-state index < -0.39 is 0 Å². The summed E-state index contributed by atoms with van der Waals surface area (Å²) in [7, 11) is 2.29. The Bertz CT molecular complexity index is 599. The highest BCUT2D eigenvalue weighted by Gasteiger charge is 2.25. The molecule has 3 N–H and O–H groups in total. The highest BCUT2D eigenvalue weighted by atomic mass is 16.5. The van der Waals surface area contributed by atoms with Gasteiger partial charge in [-0.1, -0.05) is 6.07 Å². The van der Waals surface area contributed by atoms with Gasteiger partial charge in [-0.15, -0.1) is 0 Å². The number of aryl methyl sites for hydroxylation is 1. The third-order valence-corrected chi connectivity index (χ3v) is 5.41. The molecule has 0 saturated carbocycles. The van der Waals surface area contributed by atoms with Crippen LogP contribution in [0.2, 0.25) is 0 Å². The number of hydrogen-bond donors (Lipinski definition) is 2. The molecule has 1 amide bonds. The van der Waals surface area contributed by atoms with Crippen LogP contribution in [0, 0.1) is 0 Å². The largest absolute Gasteiger partial charge is 0.399 e. The molecule has 0 aromatic heterocycles. The van der Waals surface area contributed by atoms with E-state index in [9.17, 15) is 4.79 Å². The summed E-state index contributed by atoms with van der Waals surface area (Å²) in [6, 6.07) is 5.89. The maximum absolute atomic E-state index is 12.6.